The van der Waals surface area contributed by atoms with Gasteiger partial charge >= 0.3 is 0 Å². The third kappa shape index (κ3) is 4.72. The molecule has 2 heterocycles. The zero-order valence-electron chi connectivity index (χ0n) is 18.2. The van der Waals surface area contributed by atoms with Crippen molar-refractivity contribution in [1.29, 1.82) is 0 Å². The second-order valence-corrected chi connectivity index (χ2v) is 7.28. The summed E-state index contributed by atoms with van der Waals surface area (Å²) in [5, 5.41) is 3.02. The van der Waals surface area contributed by atoms with E-state index in [1.807, 2.05) is 62.4 Å². The third-order valence-electron chi connectivity index (χ3n) is 5.06. The predicted molar refractivity (Wildman–Crippen MR) is 123 cm³/mol. The van der Waals surface area contributed by atoms with Crippen molar-refractivity contribution >= 4 is 16.9 Å². The summed E-state index contributed by atoms with van der Waals surface area (Å²) in [4.78, 5) is 21.4. The summed E-state index contributed by atoms with van der Waals surface area (Å²) in [5.74, 6) is 2.01. The number of nitrogens with one attached hydrogen (secondary N) is 1. The van der Waals surface area contributed by atoms with E-state index in [1.165, 1.54) is 0 Å². The van der Waals surface area contributed by atoms with Gasteiger partial charge in [0.2, 0.25) is 0 Å². The van der Waals surface area contributed by atoms with Crippen LogP contribution in [-0.4, -0.2) is 33.7 Å². The molecule has 1 atom stereocenters. The summed E-state index contributed by atoms with van der Waals surface area (Å²) in [7, 11) is 0. The van der Waals surface area contributed by atoms with Crippen molar-refractivity contribution < 1.29 is 14.3 Å². The van der Waals surface area contributed by atoms with Gasteiger partial charge in [-0.25, -0.2) is 4.98 Å². The Kier molecular flexibility index (Phi) is 6.65. The molecule has 1 N–H and O–H groups in total. The van der Waals surface area contributed by atoms with Gasteiger partial charge in [0, 0.05) is 12.4 Å². The van der Waals surface area contributed by atoms with Crippen molar-refractivity contribution in [3.05, 3.63) is 84.4 Å². The molecule has 0 spiro atoms. The summed E-state index contributed by atoms with van der Waals surface area (Å²) in [6.45, 7) is 5.45. The molecule has 0 aliphatic carbocycles. The molecule has 2 aromatic heterocycles. The molecule has 0 bridgehead atoms. The van der Waals surface area contributed by atoms with Crippen LogP contribution >= 0.6 is 0 Å². The number of aromatic nitrogens is 3. The molecular weight excluding hydrogens is 404 g/mol. The zero-order valence-corrected chi connectivity index (χ0v) is 18.2. The number of benzene rings is 2. The average molecular weight is 431 g/mol. The van der Waals surface area contributed by atoms with Crippen LogP contribution in [0.4, 0.5) is 0 Å². The van der Waals surface area contributed by atoms with E-state index >= 15 is 0 Å². The van der Waals surface area contributed by atoms with E-state index in [1.54, 1.807) is 24.5 Å². The van der Waals surface area contributed by atoms with E-state index in [-0.39, 0.29) is 11.9 Å². The predicted octanol–water partition coefficient (Wildman–Crippen LogP) is 4.40. The number of carbonyl (C=O) groups is 1. The van der Waals surface area contributed by atoms with Crippen LogP contribution in [-0.2, 0) is 6.54 Å². The van der Waals surface area contributed by atoms with Crippen LogP contribution in [0.2, 0.25) is 0 Å². The molecule has 4 rings (SSSR count). The van der Waals surface area contributed by atoms with Crippen LogP contribution in [0, 0.1) is 0 Å². The number of hydrogen-bond donors (Lipinski definition) is 1. The first-order chi connectivity index (χ1) is 15.7. The summed E-state index contributed by atoms with van der Waals surface area (Å²) in [6, 6.07) is 18.7. The second kappa shape index (κ2) is 9.96. The van der Waals surface area contributed by atoms with Gasteiger partial charge in [-0.3, -0.25) is 9.78 Å². The minimum atomic E-state index is -0.300. The molecule has 4 aromatic rings. The van der Waals surface area contributed by atoms with E-state index in [0.29, 0.717) is 31.1 Å². The Labute approximate surface area is 187 Å². The summed E-state index contributed by atoms with van der Waals surface area (Å²) in [6.07, 6.45) is 3.19. The largest absolute Gasteiger partial charge is 0.490 e. The number of pyridine rings is 1. The van der Waals surface area contributed by atoms with Crippen LogP contribution in [0.25, 0.3) is 11.0 Å². The molecule has 7 nitrogen and oxygen atoms in total. The van der Waals surface area contributed by atoms with E-state index in [9.17, 15) is 4.79 Å². The Morgan fingerprint density at radius 3 is 2.53 bits per heavy atom. The smallest absolute Gasteiger partial charge is 0.253 e. The van der Waals surface area contributed by atoms with Gasteiger partial charge < -0.3 is 19.4 Å². The molecule has 1 unspecified atom stereocenters. The van der Waals surface area contributed by atoms with Crippen molar-refractivity contribution in [3.63, 3.8) is 0 Å². The lowest BCUT2D eigenvalue weighted by Crippen LogP contribution is -2.29. The van der Waals surface area contributed by atoms with Crippen LogP contribution in [0.15, 0.2) is 73.1 Å². The molecule has 164 valence electrons. The highest BCUT2D eigenvalue weighted by Crippen LogP contribution is 2.27. The topological polar surface area (TPSA) is 78.3 Å². The SMILES string of the molecule is CCOc1ccccc1OCCn1c(C(C)NC(=O)c2cccnc2)nc2ccccc21. The maximum atomic E-state index is 12.6. The van der Waals surface area contributed by atoms with Crippen LogP contribution < -0.4 is 14.8 Å². The van der Waals surface area contributed by atoms with Crippen LogP contribution in [0.3, 0.4) is 0 Å². The molecule has 32 heavy (non-hydrogen) atoms. The van der Waals surface area contributed by atoms with Gasteiger partial charge in [-0.1, -0.05) is 24.3 Å². The average Bonchev–Trinajstić information content (AvgIpc) is 3.20. The van der Waals surface area contributed by atoms with Crippen LogP contribution in [0.1, 0.15) is 36.1 Å². The lowest BCUT2D eigenvalue weighted by Gasteiger charge is -2.17. The number of hydrogen-bond acceptors (Lipinski definition) is 5. The normalized spacial score (nSPS) is 11.8. The highest BCUT2D eigenvalue weighted by atomic mass is 16.5. The Balaban J connectivity index is 1.53. The molecule has 0 saturated carbocycles. The van der Waals surface area contributed by atoms with Crippen molar-refractivity contribution in [1.82, 2.24) is 19.9 Å². The molecule has 0 aliphatic heterocycles. The van der Waals surface area contributed by atoms with Gasteiger partial charge in [-0.2, -0.15) is 0 Å². The van der Waals surface area contributed by atoms with Gasteiger partial charge in [0.1, 0.15) is 12.4 Å². The molecule has 0 aliphatic rings. The number of nitrogens with zero attached hydrogens (tertiary/aromatic N) is 3. The molecular formula is C25H26N4O3. The van der Waals surface area contributed by atoms with E-state index in [0.717, 1.165) is 22.6 Å². The lowest BCUT2D eigenvalue weighted by molar-refractivity contribution is 0.0937. The Morgan fingerprint density at radius 1 is 1.03 bits per heavy atom. The van der Waals surface area contributed by atoms with Crippen molar-refractivity contribution in [2.24, 2.45) is 0 Å². The highest BCUT2D eigenvalue weighted by molar-refractivity contribution is 5.94. The number of imidazole rings is 1. The lowest BCUT2D eigenvalue weighted by atomic mass is 10.2. The van der Waals surface area contributed by atoms with Crippen LogP contribution in [0.5, 0.6) is 11.5 Å². The van der Waals surface area contributed by atoms with Crippen molar-refractivity contribution in [2.45, 2.75) is 26.4 Å². The van der Waals surface area contributed by atoms with Gasteiger partial charge in [0.15, 0.2) is 11.5 Å². The van der Waals surface area contributed by atoms with Gasteiger partial charge in [-0.05, 0) is 50.2 Å². The first-order valence-electron chi connectivity index (χ1n) is 10.7. The van der Waals surface area contributed by atoms with Crippen molar-refractivity contribution in [3.8, 4) is 11.5 Å². The summed E-state index contributed by atoms with van der Waals surface area (Å²) < 4.78 is 13.8. The molecule has 0 saturated heterocycles. The monoisotopic (exact) mass is 430 g/mol. The number of carbonyl (C=O) groups excluding carboxylic acids is 1. The first-order valence-corrected chi connectivity index (χ1v) is 10.7. The fourth-order valence-electron chi connectivity index (χ4n) is 3.59. The number of rotatable bonds is 9. The first kappa shape index (κ1) is 21.4. The quantitative estimate of drug-likeness (QED) is 0.426. The van der Waals surface area contributed by atoms with Gasteiger partial charge in [0.05, 0.1) is 35.8 Å². The fraction of sp³-hybridized carbons (Fsp3) is 0.240. The Bertz CT molecular complexity index is 1190. The Morgan fingerprint density at radius 2 is 1.78 bits per heavy atom. The number of fused-ring (bicyclic) bond motifs is 1. The van der Waals surface area contributed by atoms with Gasteiger partial charge in [-0.15, -0.1) is 0 Å². The van der Waals surface area contributed by atoms with Crippen molar-refractivity contribution in [2.75, 3.05) is 13.2 Å². The standard InChI is InChI=1S/C25H26N4O3/c1-3-31-22-12-6-7-13-23(22)32-16-15-29-21-11-5-4-10-20(21)28-24(29)18(2)27-25(30)19-9-8-14-26-17-19/h4-14,17-18H,3,15-16H2,1-2H3,(H,27,30). The highest BCUT2D eigenvalue weighted by Gasteiger charge is 2.19. The van der Waals surface area contributed by atoms with E-state index in [4.69, 9.17) is 14.5 Å². The maximum Gasteiger partial charge on any atom is 0.253 e. The minimum Gasteiger partial charge on any atom is -0.490 e. The molecule has 0 fully saturated rings. The van der Waals surface area contributed by atoms with E-state index < -0.39 is 0 Å². The number of amides is 1. The molecule has 1 amide bonds. The van der Waals surface area contributed by atoms with E-state index in [2.05, 4.69) is 14.9 Å². The maximum absolute atomic E-state index is 12.6. The zero-order chi connectivity index (χ0) is 22.3. The summed E-state index contributed by atoms with van der Waals surface area (Å²) in [5.41, 5.74) is 2.38. The third-order valence-corrected chi connectivity index (χ3v) is 5.06. The molecule has 7 heteroatoms. The van der Waals surface area contributed by atoms with Gasteiger partial charge in [0.25, 0.3) is 5.91 Å². The molecule has 2 aromatic carbocycles. The number of ether oxygens (including phenoxy) is 2. The minimum absolute atomic E-state index is 0.189. The Hall–Kier alpha value is -3.87. The fourth-order valence-corrected chi connectivity index (χ4v) is 3.59. The summed E-state index contributed by atoms with van der Waals surface area (Å²) >= 11 is 0. The molecule has 0 radical (unpaired) electrons. The second-order valence-electron chi connectivity index (χ2n) is 7.28. The number of para-hydroxylation sites is 4.